The summed E-state index contributed by atoms with van der Waals surface area (Å²) >= 11 is 3.53. The molecule has 0 amide bonds. The minimum absolute atomic E-state index is 0.808. The predicted octanol–water partition coefficient (Wildman–Crippen LogP) is 4.77. The molecule has 1 heterocycles. The first-order chi connectivity index (χ1) is 9.69. The second kappa shape index (κ2) is 5.33. The zero-order valence-electron chi connectivity index (χ0n) is 11.6. The largest absolute Gasteiger partial charge is 0.496 e. The molecule has 3 heteroatoms. The van der Waals surface area contributed by atoms with Crippen LogP contribution in [0.15, 0.2) is 53.0 Å². The Morgan fingerprint density at radius 3 is 2.70 bits per heavy atom. The van der Waals surface area contributed by atoms with Crippen LogP contribution in [0.2, 0.25) is 0 Å². The fourth-order valence-corrected chi connectivity index (χ4v) is 3.01. The van der Waals surface area contributed by atoms with E-state index >= 15 is 0 Å². The summed E-state index contributed by atoms with van der Waals surface area (Å²) in [4.78, 5) is 0. The maximum atomic E-state index is 5.47. The van der Waals surface area contributed by atoms with Gasteiger partial charge in [0.25, 0.3) is 0 Å². The lowest BCUT2D eigenvalue weighted by atomic mass is 10.2. The van der Waals surface area contributed by atoms with Crippen LogP contribution < -0.4 is 4.74 Å². The van der Waals surface area contributed by atoms with Gasteiger partial charge in [-0.25, -0.2) is 0 Å². The second-order valence-electron chi connectivity index (χ2n) is 4.89. The highest BCUT2D eigenvalue weighted by Crippen LogP contribution is 2.27. The van der Waals surface area contributed by atoms with E-state index in [1.54, 1.807) is 7.11 Å². The summed E-state index contributed by atoms with van der Waals surface area (Å²) in [6.45, 7) is 2.95. The Balaban J connectivity index is 2.09. The Kier molecular flexibility index (Phi) is 3.53. The maximum absolute atomic E-state index is 5.47. The molecule has 0 bridgehead atoms. The van der Waals surface area contributed by atoms with Crippen molar-refractivity contribution in [3.8, 4) is 5.75 Å². The van der Waals surface area contributed by atoms with Crippen LogP contribution in [0.5, 0.6) is 5.75 Å². The molecule has 0 fully saturated rings. The van der Waals surface area contributed by atoms with Crippen molar-refractivity contribution in [2.24, 2.45) is 0 Å². The number of nitrogens with zero attached hydrogens (tertiary/aromatic N) is 1. The number of benzene rings is 2. The molecule has 0 aliphatic heterocycles. The van der Waals surface area contributed by atoms with Crippen LogP contribution in [0, 0.1) is 6.92 Å². The summed E-state index contributed by atoms with van der Waals surface area (Å²) in [7, 11) is 1.72. The lowest BCUT2D eigenvalue weighted by molar-refractivity contribution is 0.408. The summed E-state index contributed by atoms with van der Waals surface area (Å²) in [5.41, 5.74) is 3.69. The first-order valence-electron chi connectivity index (χ1n) is 6.56. The molecule has 0 atom stereocenters. The van der Waals surface area contributed by atoms with E-state index in [-0.39, 0.29) is 0 Å². The highest BCUT2D eigenvalue weighted by molar-refractivity contribution is 9.10. The third kappa shape index (κ3) is 2.34. The van der Waals surface area contributed by atoms with Crippen molar-refractivity contribution in [3.63, 3.8) is 0 Å². The van der Waals surface area contributed by atoms with Crippen LogP contribution in [0.4, 0.5) is 0 Å². The molecule has 0 saturated carbocycles. The Morgan fingerprint density at radius 1 is 1.10 bits per heavy atom. The molecule has 1 aromatic heterocycles. The summed E-state index contributed by atoms with van der Waals surface area (Å²) in [6, 6.07) is 16.8. The van der Waals surface area contributed by atoms with Gasteiger partial charge >= 0.3 is 0 Å². The number of fused-ring (bicyclic) bond motifs is 1. The van der Waals surface area contributed by atoms with Crippen LogP contribution in [0.1, 0.15) is 11.3 Å². The van der Waals surface area contributed by atoms with Gasteiger partial charge in [0, 0.05) is 21.2 Å². The minimum atomic E-state index is 0.808. The van der Waals surface area contributed by atoms with E-state index in [4.69, 9.17) is 4.74 Å². The Bertz CT molecular complexity index is 761. The van der Waals surface area contributed by atoms with Gasteiger partial charge in [-0.3, -0.25) is 0 Å². The third-order valence-corrected chi connectivity index (χ3v) is 4.08. The zero-order chi connectivity index (χ0) is 14.1. The number of hydrogen-bond donors (Lipinski definition) is 0. The molecule has 0 unspecified atom stereocenters. The second-order valence-corrected chi connectivity index (χ2v) is 5.80. The lowest BCUT2D eigenvalue weighted by Crippen LogP contribution is -2.03. The lowest BCUT2D eigenvalue weighted by Gasteiger charge is -2.12. The summed E-state index contributed by atoms with van der Waals surface area (Å²) in [5, 5.41) is 1.28. The number of methoxy groups -OCH3 is 1. The molecule has 2 aromatic carbocycles. The fraction of sp³-hybridized carbons (Fsp3) is 0.176. The van der Waals surface area contributed by atoms with E-state index in [9.17, 15) is 0 Å². The molecule has 0 aliphatic rings. The van der Waals surface area contributed by atoms with Crippen molar-refractivity contribution in [1.82, 2.24) is 4.57 Å². The van der Waals surface area contributed by atoms with Crippen molar-refractivity contribution in [2.75, 3.05) is 7.11 Å². The van der Waals surface area contributed by atoms with E-state index < -0.39 is 0 Å². The molecular weight excluding hydrogens is 314 g/mol. The molecule has 0 saturated heterocycles. The van der Waals surface area contributed by atoms with Crippen molar-refractivity contribution < 1.29 is 4.74 Å². The highest BCUT2D eigenvalue weighted by Gasteiger charge is 2.09. The van der Waals surface area contributed by atoms with Gasteiger partial charge in [-0.2, -0.15) is 0 Å². The van der Waals surface area contributed by atoms with E-state index in [2.05, 4.69) is 63.8 Å². The molecule has 0 N–H and O–H groups in total. The van der Waals surface area contributed by atoms with Crippen LogP contribution >= 0.6 is 15.9 Å². The molecule has 3 aromatic rings. The number of para-hydroxylation sites is 1. The summed E-state index contributed by atoms with van der Waals surface area (Å²) in [6.07, 6.45) is 0. The topological polar surface area (TPSA) is 14.2 Å². The van der Waals surface area contributed by atoms with Gasteiger partial charge in [-0.05, 0) is 42.6 Å². The third-order valence-electron chi connectivity index (χ3n) is 3.59. The SMILES string of the molecule is COc1ccc(Br)cc1Cn1c(C)cc2ccccc21. The van der Waals surface area contributed by atoms with Crippen LogP contribution in [0.25, 0.3) is 10.9 Å². The number of hydrogen-bond acceptors (Lipinski definition) is 1. The molecule has 3 rings (SSSR count). The number of halogens is 1. The minimum Gasteiger partial charge on any atom is -0.496 e. The molecule has 0 radical (unpaired) electrons. The van der Waals surface area contributed by atoms with Gasteiger partial charge in [-0.15, -0.1) is 0 Å². The average Bonchev–Trinajstić information content (AvgIpc) is 2.76. The number of aromatic nitrogens is 1. The normalized spacial score (nSPS) is 10.9. The fourth-order valence-electron chi connectivity index (χ4n) is 2.60. The quantitative estimate of drug-likeness (QED) is 0.675. The Morgan fingerprint density at radius 2 is 1.90 bits per heavy atom. The molecule has 20 heavy (non-hydrogen) atoms. The van der Waals surface area contributed by atoms with Crippen molar-refractivity contribution in [1.29, 1.82) is 0 Å². The van der Waals surface area contributed by atoms with Crippen molar-refractivity contribution in [3.05, 3.63) is 64.3 Å². The standard InChI is InChI=1S/C17H16BrNO/c1-12-9-13-5-3-4-6-16(13)19(12)11-14-10-15(18)7-8-17(14)20-2/h3-10H,11H2,1-2H3. The van der Waals surface area contributed by atoms with E-state index in [0.717, 1.165) is 16.8 Å². The first kappa shape index (κ1) is 13.3. The molecule has 2 nitrogen and oxygen atoms in total. The molecule has 102 valence electrons. The van der Waals surface area contributed by atoms with Gasteiger partial charge < -0.3 is 9.30 Å². The summed E-state index contributed by atoms with van der Waals surface area (Å²) < 4.78 is 8.86. The monoisotopic (exact) mass is 329 g/mol. The smallest absolute Gasteiger partial charge is 0.123 e. The first-order valence-corrected chi connectivity index (χ1v) is 7.35. The van der Waals surface area contributed by atoms with Crippen molar-refractivity contribution in [2.45, 2.75) is 13.5 Å². The van der Waals surface area contributed by atoms with Crippen LogP contribution in [0.3, 0.4) is 0 Å². The van der Waals surface area contributed by atoms with Gasteiger partial charge in [0.2, 0.25) is 0 Å². The van der Waals surface area contributed by atoms with Crippen LogP contribution in [-0.4, -0.2) is 11.7 Å². The number of aryl methyl sites for hydroxylation is 1. The van der Waals surface area contributed by atoms with E-state index in [1.165, 1.54) is 22.2 Å². The van der Waals surface area contributed by atoms with Gasteiger partial charge in [0.15, 0.2) is 0 Å². The number of rotatable bonds is 3. The number of ether oxygens (including phenoxy) is 1. The molecular formula is C17H16BrNO. The summed E-state index contributed by atoms with van der Waals surface area (Å²) in [5.74, 6) is 0.922. The van der Waals surface area contributed by atoms with Gasteiger partial charge in [0.1, 0.15) is 5.75 Å². The van der Waals surface area contributed by atoms with E-state index in [1.807, 2.05) is 12.1 Å². The Labute approximate surface area is 127 Å². The predicted molar refractivity (Wildman–Crippen MR) is 86.5 cm³/mol. The van der Waals surface area contributed by atoms with E-state index in [0.29, 0.717) is 0 Å². The Hall–Kier alpha value is -1.74. The average molecular weight is 330 g/mol. The maximum Gasteiger partial charge on any atom is 0.123 e. The van der Waals surface area contributed by atoms with Gasteiger partial charge in [-0.1, -0.05) is 34.1 Å². The molecule has 0 spiro atoms. The van der Waals surface area contributed by atoms with Crippen molar-refractivity contribution >= 4 is 26.8 Å². The zero-order valence-corrected chi connectivity index (χ0v) is 13.1. The van der Waals surface area contributed by atoms with Gasteiger partial charge in [0.05, 0.1) is 13.7 Å². The van der Waals surface area contributed by atoms with Crippen LogP contribution in [-0.2, 0) is 6.54 Å². The highest BCUT2D eigenvalue weighted by atomic mass is 79.9. The molecule has 0 aliphatic carbocycles.